The highest BCUT2D eigenvalue weighted by Gasteiger charge is 2.31. The van der Waals surface area contributed by atoms with Gasteiger partial charge in [-0.2, -0.15) is 0 Å². The van der Waals surface area contributed by atoms with Gasteiger partial charge in [0.1, 0.15) is 5.82 Å². The van der Waals surface area contributed by atoms with Crippen molar-refractivity contribution in [3.05, 3.63) is 53.9 Å². The summed E-state index contributed by atoms with van der Waals surface area (Å²) in [4.78, 5) is 30.8. The first-order valence-electron chi connectivity index (χ1n) is 7.62. The van der Waals surface area contributed by atoms with E-state index in [-0.39, 0.29) is 17.6 Å². The zero-order valence-electron chi connectivity index (χ0n) is 12.9. The van der Waals surface area contributed by atoms with Crippen molar-refractivity contribution in [3.63, 3.8) is 0 Å². The lowest BCUT2D eigenvalue weighted by Gasteiger charge is -2.32. The molecule has 1 fully saturated rings. The summed E-state index contributed by atoms with van der Waals surface area (Å²) in [6.07, 6.45) is 4.80. The molecule has 0 spiro atoms. The van der Waals surface area contributed by atoms with Gasteiger partial charge in [0.15, 0.2) is 5.82 Å². The zero-order chi connectivity index (χ0) is 16.4. The van der Waals surface area contributed by atoms with Crippen LogP contribution in [0, 0.1) is 11.7 Å². The van der Waals surface area contributed by atoms with Crippen LogP contribution in [-0.2, 0) is 7.05 Å². The van der Waals surface area contributed by atoms with Crippen molar-refractivity contribution in [2.24, 2.45) is 13.0 Å². The molecule has 3 rings (SSSR count). The van der Waals surface area contributed by atoms with Crippen LogP contribution in [-0.4, -0.2) is 39.2 Å². The fourth-order valence-electron chi connectivity index (χ4n) is 2.97. The molecule has 1 aromatic carbocycles. The molecule has 1 aliphatic rings. The van der Waals surface area contributed by atoms with Crippen molar-refractivity contribution in [2.45, 2.75) is 12.8 Å². The molecule has 1 saturated heterocycles. The van der Waals surface area contributed by atoms with Gasteiger partial charge in [0.05, 0.1) is 0 Å². The molecule has 0 saturated carbocycles. The number of halogens is 1. The van der Waals surface area contributed by atoms with Crippen molar-refractivity contribution < 1.29 is 14.0 Å². The second kappa shape index (κ2) is 6.32. The van der Waals surface area contributed by atoms with Gasteiger partial charge in [0.25, 0.3) is 5.91 Å². The average molecular weight is 315 g/mol. The van der Waals surface area contributed by atoms with Crippen LogP contribution in [0.3, 0.4) is 0 Å². The maximum Gasteiger partial charge on any atom is 0.253 e. The fraction of sp³-hybridized carbons (Fsp3) is 0.353. The summed E-state index contributed by atoms with van der Waals surface area (Å²) in [5.41, 5.74) is 0.315. The monoisotopic (exact) mass is 315 g/mol. The molecule has 0 N–H and O–H groups in total. The van der Waals surface area contributed by atoms with E-state index in [0.717, 1.165) is 12.8 Å². The molecule has 0 unspecified atom stereocenters. The minimum atomic E-state index is -0.437. The molecule has 120 valence electrons. The van der Waals surface area contributed by atoms with Gasteiger partial charge < -0.3 is 9.47 Å². The lowest BCUT2D eigenvalue weighted by atomic mass is 9.93. The SMILES string of the molecule is Cn1ccnc1C(=O)[C@H]1CCCN(C(=O)c2cccc(F)c2)C1. The summed E-state index contributed by atoms with van der Waals surface area (Å²) in [5, 5.41) is 0. The number of hydrogen-bond donors (Lipinski definition) is 0. The Morgan fingerprint density at radius 2 is 2.17 bits per heavy atom. The van der Waals surface area contributed by atoms with E-state index in [2.05, 4.69) is 4.98 Å². The van der Waals surface area contributed by atoms with Crippen LogP contribution in [0.25, 0.3) is 0 Å². The average Bonchev–Trinajstić information content (AvgIpc) is 2.99. The van der Waals surface area contributed by atoms with E-state index in [1.807, 2.05) is 0 Å². The van der Waals surface area contributed by atoms with E-state index in [4.69, 9.17) is 0 Å². The van der Waals surface area contributed by atoms with Gasteiger partial charge in [-0.05, 0) is 31.0 Å². The molecule has 1 aliphatic heterocycles. The van der Waals surface area contributed by atoms with Crippen LogP contribution in [0.5, 0.6) is 0 Å². The van der Waals surface area contributed by atoms with Crippen LogP contribution in [0.15, 0.2) is 36.7 Å². The first kappa shape index (κ1) is 15.4. The Morgan fingerprint density at radius 3 is 2.87 bits per heavy atom. The minimum Gasteiger partial charge on any atom is -0.338 e. The smallest absolute Gasteiger partial charge is 0.253 e. The summed E-state index contributed by atoms with van der Waals surface area (Å²) < 4.78 is 15.0. The number of aromatic nitrogens is 2. The van der Waals surface area contributed by atoms with Crippen molar-refractivity contribution in [1.29, 1.82) is 0 Å². The summed E-state index contributed by atoms with van der Waals surface area (Å²) in [6, 6.07) is 5.64. The Morgan fingerprint density at radius 1 is 1.35 bits per heavy atom. The lowest BCUT2D eigenvalue weighted by molar-refractivity contribution is 0.0632. The van der Waals surface area contributed by atoms with E-state index < -0.39 is 5.82 Å². The van der Waals surface area contributed by atoms with Gasteiger partial charge in [0.2, 0.25) is 5.78 Å². The number of Topliss-reactive ketones (excluding diaryl/α,β-unsaturated/α-hetero) is 1. The van der Waals surface area contributed by atoms with Gasteiger partial charge in [-0.15, -0.1) is 0 Å². The van der Waals surface area contributed by atoms with E-state index in [1.54, 1.807) is 35.0 Å². The molecule has 1 aromatic heterocycles. The van der Waals surface area contributed by atoms with E-state index in [0.29, 0.717) is 24.5 Å². The Bertz CT molecular complexity index is 741. The number of amides is 1. The molecule has 1 atom stereocenters. The molecular formula is C17H18FN3O2. The maximum atomic E-state index is 13.3. The molecule has 2 heterocycles. The number of rotatable bonds is 3. The van der Waals surface area contributed by atoms with Crippen LogP contribution < -0.4 is 0 Å². The second-order valence-electron chi connectivity index (χ2n) is 5.83. The van der Waals surface area contributed by atoms with Gasteiger partial charge in [-0.25, -0.2) is 9.37 Å². The minimum absolute atomic E-state index is 0.0470. The third-order valence-corrected chi connectivity index (χ3v) is 4.19. The third kappa shape index (κ3) is 3.16. The van der Waals surface area contributed by atoms with Gasteiger partial charge in [-0.3, -0.25) is 9.59 Å². The van der Waals surface area contributed by atoms with Crippen LogP contribution in [0.1, 0.15) is 33.8 Å². The highest BCUT2D eigenvalue weighted by molar-refractivity contribution is 5.97. The molecule has 0 aliphatic carbocycles. The summed E-state index contributed by atoms with van der Waals surface area (Å²) in [6.45, 7) is 0.931. The highest BCUT2D eigenvalue weighted by Crippen LogP contribution is 2.22. The molecule has 0 bridgehead atoms. The van der Waals surface area contributed by atoms with Crippen LogP contribution in [0.4, 0.5) is 4.39 Å². The number of hydrogen-bond acceptors (Lipinski definition) is 3. The molecule has 1 amide bonds. The third-order valence-electron chi connectivity index (χ3n) is 4.19. The number of carbonyl (C=O) groups is 2. The van der Waals surface area contributed by atoms with Crippen molar-refractivity contribution in [1.82, 2.24) is 14.5 Å². The number of ketones is 1. The molecular weight excluding hydrogens is 297 g/mol. The predicted molar refractivity (Wildman–Crippen MR) is 82.6 cm³/mol. The second-order valence-corrected chi connectivity index (χ2v) is 5.83. The quantitative estimate of drug-likeness (QED) is 0.817. The predicted octanol–water partition coefficient (Wildman–Crippen LogP) is 2.29. The molecule has 2 aromatic rings. The Kier molecular flexibility index (Phi) is 4.23. The van der Waals surface area contributed by atoms with E-state index >= 15 is 0 Å². The Hall–Kier alpha value is -2.50. The fourth-order valence-corrected chi connectivity index (χ4v) is 2.97. The molecule has 6 heteroatoms. The zero-order valence-corrected chi connectivity index (χ0v) is 12.9. The van der Waals surface area contributed by atoms with E-state index in [9.17, 15) is 14.0 Å². The normalized spacial score (nSPS) is 18.0. The van der Waals surface area contributed by atoms with Gasteiger partial charge in [0, 0.05) is 44.0 Å². The highest BCUT2D eigenvalue weighted by atomic mass is 19.1. The molecule has 5 nitrogen and oxygen atoms in total. The van der Waals surface area contributed by atoms with Crippen molar-refractivity contribution in [2.75, 3.05) is 13.1 Å². The van der Waals surface area contributed by atoms with Crippen molar-refractivity contribution in [3.8, 4) is 0 Å². The maximum absolute atomic E-state index is 13.3. The number of piperidine rings is 1. The first-order valence-corrected chi connectivity index (χ1v) is 7.62. The number of nitrogens with zero attached hydrogens (tertiary/aromatic N) is 3. The van der Waals surface area contributed by atoms with Crippen molar-refractivity contribution >= 4 is 11.7 Å². The van der Waals surface area contributed by atoms with E-state index in [1.165, 1.54) is 18.2 Å². The molecule has 23 heavy (non-hydrogen) atoms. The Labute approximate surface area is 133 Å². The summed E-state index contributed by atoms with van der Waals surface area (Å²) in [5.74, 6) is -0.568. The van der Waals surface area contributed by atoms with Gasteiger partial charge >= 0.3 is 0 Å². The summed E-state index contributed by atoms with van der Waals surface area (Å²) in [7, 11) is 1.78. The summed E-state index contributed by atoms with van der Waals surface area (Å²) >= 11 is 0. The lowest BCUT2D eigenvalue weighted by Crippen LogP contribution is -2.42. The number of carbonyl (C=O) groups excluding carboxylic acids is 2. The number of likely N-dealkylation sites (tertiary alicyclic amines) is 1. The molecule has 0 radical (unpaired) electrons. The van der Waals surface area contributed by atoms with Gasteiger partial charge in [-0.1, -0.05) is 6.07 Å². The Balaban J connectivity index is 1.74. The number of aryl methyl sites for hydroxylation is 1. The topological polar surface area (TPSA) is 55.2 Å². The van der Waals surface area contributed by atoms with Crippen LogP contribution in [0.2, 0.25) is 0 Å². The largest absolute Gasteiger partial charge is 0.338 e. The van der Waals surface area contributed by atoms with Crippen LogP contribution >= 0.6 is 0 Å². The standard InChI is InChI=1S/C17H18FN3O2/c1-20-9-7-19-16(20)15(22)13-5-3-8-21(11-13)17(23)12-4-2-6-14(18)10-12/h2,4,6-7,9-10,13H,3,5,8,11H2,1H3/t13-/m0/s1. The first-order chi connectivity index (χ1) is 11.1. The number of benzene rings is 1. The number of imidazole rings is 1.